The number of nitrogens with zero attached hydrogens (tertiary/aromatic N) is 2. The average molecular weight is 395 g/mol. The molecule has 144 valence electrons. The Morgan fingerprint density at radius 3 is 2.71 bits per heavy atom. The van der Waals surface area contributed by atoms with Crippen molar-refractivity contribution in [1.82, 2.24) is 14.8 Å². The van der Waals surface area contributed by atoms with Crippen LogP contribution in [0.4, 0.5) is 0 Å². The fourth-order valence-corrected chi connectivity index (χ4v) is 4.42. The van der Waals surface area contributed by atoms with Crippen LogP contribution in [0.15, 0.2) is 53.5 Å². The van der Waals surface area contributed by atoms with Crippen LogP contribution in [-0.2, 0) is 9.59 Å². The van der Waals surface area contributed by atoms with E-state index < -0.39 is 17.7 Å². The van der Waals surface area contributed by atoms with E-state index in [4.69, 9.17) is 0 Å². The molecule has 4 rings (SSSR count). The second-order valence-corrected chi connectivity index (χ2v) is 8.04. The van der Waals surface area contributed by atoms with Crippen molar-refractivity contribution in [2.75, 3.05) is 27.2 Å². The lowest BCUT2D eigenvalue weighted by Crippen LogP contribution is -2.35. The lowest BCUT2D eigenvalue weighted by atomic mass is 9.99. The molecule has 0 spiro atoms. The number of carbonyl (C=O) groups excluding carboxylic acids is 2. The highest BCUT2D eigenvalue weighted by Crippen LogP contribution is 2.41. The Morgan fingerprint density at radius 2 is 2.00 bits per heavy atom. The van der Waals surface area contributed by atoms with Crippen LogP contribution in [0.25, 0.3) is 16.7 Å². The summed E-state index contributed by atoms with van der Waals surface area (Å²) in [6.45, 7) is 1.03. The number of aromatic amines is 1. The number of likely N-dealkylation sites (N-methyl/N-ethyl adjacent to an activating group) is 1. The molecule has 3 heterocycles. The van der Waals surface area contributed by atoms with Crippen LogP contribution in [0.2, 0.25) is 0 Å². The number of para-hydroxylation sites is 1. The number of likely N-dealkylation sites (tertiary alicyclic amines) is 1. The first-order valence-electron chi connectivity index (χ1n) is 9.02. The van der Waals surface area contributed by atoms with E-state index >= 15 is 0 Å². The van der Waals surface area contributed by atoms with Crippen molar-refractivity contribution in [2.24, 2.45) is 0 Å². The number of hydrogen-bond acceptors (Lipinski definition) is 5. The van der Waals surface area contributed by atoms with Gasteiger partial charge in [0.2, 0.25) is 0 Å². The summed E-state index contributed by atoms with van der Waals surface area (Å²) in [5.41, 5.74) is 1.54. The third kappa shape index (κ3) is 3.02. The van der Waals surface area contributed by atoms with Gasteiger partial charge in [0.25, 0.3) is 11.7 Å². The summed E-state index contributed by atoms with van der Waals surface area (Å²) in [5.74, 6) is -1.34. The Hall–Kier alpha value is -2.90. The molecule has 0 unspecified atom stereocenters. The zero-order chi connectivity index (χ0) is 19.8. The SMILES string of the molecule is CN(C)CCN1C(=O)C(=O)C(=C(O)c2c[nH]c3ccccc23)[C@H]1c1cccs1. The molecule has 1 aromatic carbocycles. The van der Waals surface area contributed by atoms with Crippen LogP contribution < -0.4 is 0 Å². The Labute approximate surface area is 166 Å². The van der Waals surface area contributed by atoms with E-state index in [1.54, 1.807) is 11.1 Å². The first kappa shape index (κ1) is 18.5. The fourth-order valence-electron chi connectivity index (χ4n) is 3.57. The van der Waals surface area contributed by atoms with Gasteiger partial charge in [0.05, 0.1) is 11.6 Å². The smallest absolute Gasteiger partial charge is 0.295 e. The normalized spacial score (nSPS) is 19.2. The first-order chi connectivity index (χ1) is 13.5. The Kier molecular flexibility index (Phi) is 4.78. The minimum atomic E-state index is -0.639. The van der Waals surface area contributed by atoms with Gasteiger partial charge in [-0.25, -0.2) is 0 Å². The summed E-state index contributed by atoms with van der Waals surface area (Å²) in [7, 11) is 3.84. The van der Waals surface area contributed by atoms with Gasteiger partial charge in [0, 0.05) is 40.6 Å². The van der Waals surface area contributed by atoms with Crippen LogP contribution in [0.3, 0.4) is 0 Å². The van der Waals surface area contributed by atoms with Gasteiger partial charge in [-0.05, 0) is 31.6 Å². The predicted molar refractivity (Wildman–Crippen MR) is 110 cm³/mol. The lowest BCUT2D eigenvalue weighted by Gasteiger charge is -2.25. The molecule has 0 bridgehead atoms. The predicted octanol–water partition coefficient (Wildman–Crippen LogP) is 3.21. The summed E-state index contributed by atoms with van der Waals surface area (Å²) in [4.78, 5) is 33.2. The number of thiophene rings is 1. The highest BCUT2D eigenvalue weighted by Gasteiger charge is 2.46. The molecule has 7 heteroatoms. The molecule has 0 saturated carbocycles. The van der Waals surface area contributed by atoms with Crippen molar-refractivity contribution in [3.05, 3.63) is 64.0 Å². The zero-order valence-corrected chi connectivity index (χ0v) is 16.5. The van der Waals surface area contributed by atoms with E-state index in [-0.39, 0.29) is 11.3 Å². The number of fused-ring (bicyclic) bond motifs is 1. The third-order valence-electron chi connectivity index (χ3n) is 4.99. The number of benzene rings is 1. The number of carbonyl (C=O) groups is 2. The molecule has 1 atom stereocenters. The molecule has 0 aliphatic carbocycles. The minimum absolute atomic E-state index is 0.137. The maximum atomic E-state index is 12.9. The number of aliphatic hydroxyl groups is 1. The third-order valence-corrected chi connectivity index (χ3v) is 5.91. The van der Waals surface area contributed by atoms with E-state index in [9.17, 15) is 14.7 Å². The van der Waals surface area contributed by atoms with Crippen molar-refractivity contribution in [2.45, 2.75) is 6.04 Å². The van der Waals surface area contributed by atoms with E-state index in [0.29, 0.717) is 18.7 Å². The molecule has 1 aliphatic heterocycles. The lowest BCUT2D eigenvalue weighted by molar-refractivity contribution is -0.140. The zero-order valence-electron chi connectivity index (χ0n) is 15.7. The summed E-state index contributed by atoms with van der Waals surface area (Å²) >= 11 is 1.47. The molecule has 6 nitrogen and oxygen atoms in total. The Morgan fingerprint density at radius 1 is 1.21 bits per heavy atom. The van der Waals surface area contributed by atoms with E-state index in [0.717, 1.165) is 15.8 Å². The number of amides is 1. The van der Waals surface area contributed by atoms with Crippen LogP contribution >= 0.6 is 11.3 Å². The molecule has 1 saturated heterocycles. The molecule has 1 fully saturated rings. The van der Waals surface area contributed by atoms with Gasteiger partial charge in [0.1, 0.15) is 5.76 Å². The average Bonchev–Trinajstić information content (AvgIpc) is 3.39. The maximum Gasteiger partial charge on any atom is 0.295 e. The molecule has 0 radical (unpaired) electrons. The number of Topliss-reactive ketones (excluding diaryl/α,β-unsaturated/α-hetero) is 1. The number of aliphatic hydroxyl groups excluding tert-OH is 1. The van der Waals surface area contributed by atoms with Gasteiger partial charge < -0.3 is 19.9 Å². The summed E-state index contributed by atoms with van der Waals surface area (Å²) in [6.07, 6.45) is 1.68. The van der Waals surface area contributed by atoms with Crippen molar-refractivity contribution in [3.8, 4) is 0 Å². The van der Waals surface area contributed by atoms with Crippen LogP contribution in [-0.4, -0.2) is 58.8 Å². The largest absolute Gasteiger partial charge is 0.507 e. The monoisotopic (exact) mass is 395 g/mol. The molecule has 2 N–H and O–H groups in total. The standard InChI is InChI=1S/C21H21N3O3S/c1-23(2)9-10-24-18(16-8-5-11-28-16)17(20(26)21(24)27)19(25)14-12-22-15-7-4-3-6-13(14)15/h3-8,11-12,18,22,25H,9-10H2,1-2H3/t18-/m1/s1. The molecule has 1 amide bonds. The number of H-pyrrole nitrogens is 1. The highest BCUT2D eigenvalue weighted by atomic mass is 32.1. The van der Waals surface area contributed by atoms with Crippen molar-refractivity contribution < 1.29 is 14.7 Å². The quantitative estimate of drug-likeness (QED) is 0.395. The van der Waals surface area contributed by atoms with E-state index in [2.05, 4.69) is 4.98 Å². The number of hydrogen-bond donors (Lipinski definition) is 2. The molecule has 3 aromatic rings. The van der Waals surface area contributed by atoms with Gasteiger partial charge in [-0.2, -0.15) is 0 Å². The van der Waals surface area contributed by atoms with Crippen LogP contribution in [0, 0.1) is 0 Å². The number of rotatable bonds is 5. The van der Waals surface area contributed by atoms with Gasteiger partial charge in [-0.15, -0.1) is 11.3 Å². The number of nitrogens with one attached hydrogen (secondary N) is 1. The van der Waals surface area contributed by atoms with Crippen LogP contribution in [0.5, 0.6) is 0 Å². The van der Waals surface area contributed by atoms with E-state index in [1.807, 2.05) is 60.8 Å². The molecule has 2 aromatic heterocycles. The molecular weight excluding hydrogens is 374 g/mol. The van der Waals surface area contributed by atoms with E-state index in [1.165, 1.54) is 11.3 Å². The van der Waals surface area contributed by atoms with Crippen molar-refractivity contribution >= 4 is 39.7 Å². The van der Waals surface area contributed by atoms with Gasteiger partial charge in [0.15, 0.2) is 0 Å². The fraction of sp³-hybridized carbons (Fsp3) is 0.238. The topological polar surface area (TPSA) is 76.6 Å². The Balaban J connectivity index is 1.86. The maximum absolute atomic E-state index is 12.9. The van der Waals surface area contributed by atoms with Crippen molar-refractivity contribution in [3.63, 3.8) is 0 Å². The number of ketones is 1. The van der Waals surface area contributed by atoms with Crippen LogP contribution in [0.1, 0.15) is 16.5 Å². The molecule has 1 aliphatic rings. The second kappa shape index (κ2) is 7.26. The second-order valence-electron chi connectivity index (χ2n) is 7.06. The highest BCUT2D eigenvalue weighted by molar-refractivity contribution is 7.10. The van der Waals surface area contributed by atoms with Gasteiger partial charge in [-0.1, -0.05) is 24.3 Å². The minimum Gasteiger partial charge on any atom is -0.507 e. The number of aromatic nitrogens is 1. The van der Waals surface area contributed by atoms with Gasteiger partial charge in [-0.3, -0.25) is 9.59 Å². The molecule has 28 heavy (non-hydrogen) atoms. The summed E-state index contributed by atoms with van der Waals surface area (Å²) in [5, 5.41) is 13.8. The molecular formula is C21H21N3O3S. The summed E-state index contributed by atoms with van der Waals surface area (Å²) in [6, 6.07) is 10.8. The first-order valence-corrected chi connectivity index (χ1v) is 9.90. The van der Waals surface area contributed by atoms with Crippen molar-refractivity contribution in [1.29, 1.82) is 0 Å². The summed E-state index contributed by atoms with van der Waals surface area (Å²) < 4.78 is 0. The van der Waals surface area contributed by atoms with Gasteiger partial charge >= 0.3 is 0 Å². The Bertz CT molecular complexity index is 1070.